The maximum Gasteiger partial charge on any atom is 0.272 e. The molecular weight excluding hydrogens is 294 g/mol. The quantitative estimate of drug-likeness (QED) is 0.759. The van der Waals surface area contributed by atoms with Gasteiger partial charge < -0.3 is 19.4 Å². The number of alkyl halides is 2. The fourth-order valence-corrected chi connectivity index (χ4v) is 3.04. The van der Waals surface area contributed by atoms with Crippen molar-refractivity contribution < 1.29 is 18.6 Å². The molecule has 8 heteroatoms. The molecule has 4 rings (SSSR count). The molecule has 0 spiro atoms. The monoisotopic (exact) mass is 308 g/mol. The third-order valence-corrected chi connectivity index (χ3v) is 4.10. The van der Waals surface area contributed by atoms with Crippen molar-refractivity contribution in [2.45, 2.75) is 25.0 Å². The van der Waals surface area contributed by atoms with Crippen LogP contribution in [0, 0.1) is 0 Å². The van der Waals surface area contributed by atoms with Gasteiger partial charge in [-0.2, -0.15) is 0 Å². The van der Waals surface area contributed by atoms with Crippen LogP contribution >= 0.6 is 0 Å². The minimum atomic E-state index is -2.91. The summed E-state index contributed by atoms with van der Waals surface area (Å²) < 4.78 is 35.4. The molecule has 0 aliphatic carbocycles. The summed E-state index contributed by atoms with van der Waals surface area (Å²) in [6.45, 7) is -0.501. The SMILES string of the molecule is OCc1nc2cnc3[nH]ccc3c2n1C1COCCC1(F)F. The van der Waals surface area contributed by atoms with Crippen LogP contribution in [-0.2, 0) is 11.3 Å². The van der Waals surface area contributed by atoms with E-state index in [0.717, 1.165) is 0 Å². The van der Waals surface area contributed by atoms with Gasteiger partial charge in [0.1, 0.15) is 29.6 Å². The minimum Gasteiger partial charge on any atom is -0.388 e. The van der Waals surface area contributed by atoms with E-state index in [2.05, 4.69) is 15.0 Å². The summed E-state index contributed by atoms with van der Waals surface area (Å²) in [5.74, 6) is -2.72. The third-order valence-electron chi connectivity index (χ3n) is 4.10. The van der Waals surface area contributed by atoms with Crippen LogP contribution < -0.4 is 0 Å². The predicted octanol–water partition coefficient (Wildman–Crippen LogP) is 2.00. The Morgan fingerprint density at radius 3 is 3.14 bits per heavy atom. The summed E-state index contributed by atoms with van der Waals surface area (Å²) in [6.07, 6.45) is 2.87. The first-order chi connectivity index (χ1) is 10.6. The largest absolute Gasteiger partial charge is 0.388 e. The fourth-order valence-electron chi connectivity index (χ4n) is 3.04. The zero-order valence-corrected chi connectivity index (χ0v) is 11.6. The molecule has 1 fully saturated rings. The third kappa shape index (κ3) is 1.84. The Balaban J connectivity index is 2.04. The maximum atomic E-state index is 14.4. The Morgan fingerprint density at radius 2 is 2.36 bits per heavy atom. The van der Waals surface area contributed by atoms with Crippen LogP contribution in [0.5, 0.6) is 0 Å². The Labute approximate surface area is 123 Å². The summed E-state index contributed by atoms with van der Waals surface area (Å²) in [4.78, 5) is 11.4. The first-order valence-electron chi connectivity index (χ1n) is 7.01. The summed E-state index contributed by atoms with van der Waals surface area (Å²) in [5.41, 5.74) is 1.63. The lowest BCUT2D eigenvalue weighted by Gasteiger charge is -2.33. The van der Waals surface area contributed by atoms with Crippen molar-refractivity contribution in [1.29, 1.82) is 0 Å². The van der Waals surface area contributed by atoms with E-state index in [1.54, 1.807) is 12.3 Å². The molecule has 22 heavy (non-hydrogen) atoms. The first kappa shape index (κ1) is 13.6. The number of imidazole rings is 1. The zero-order chi connectivity index (χ0) is 15.3. The van der Waals surface area contributed by atoms with Crippen LogP contribution in [0.15, 0.2) is 18.5 Å². The molecule has 3 aromatic rings. The Kier molecular flexibility index (Phi) is 2.92. The van der Waals surface area contributed by atoms with Crippen LogP contribution in [0.25, 0.3) is 22.1 Å². The van der Waals surface area contributed by atoms with Gasteiger partial charge in [0.25, 0.3) is 5.92 Å². The molecule has 0 saturated carbocycles. The first-order valence-corrected chi connectivity index (χ1v) is 7.01. The predicted molar refractivity (Wildman–Crippen MR) is 74.7 cm³/mol. The van der Waals surface area contributed by atoms with E-state index < -0.39 is 18.6 Å². The molecule has 3 aromatic heterocycles. The number of hydrogen-bond acceptors (Lipinski definition) is 4. The summed E-state index contributed by atoms with van der Waals surface area (Å²) >= 11 is 0. The zero-order valence-electron chi connectivity index (χ0n) is 11.6. The molecule has 0 amide bonds. The van der Waals surface area contributed by atoms with Gasteiger partial charge in [0.15, 0.2) is 0 Å². The molecule has 116 valence electrons. The molecule has 1 aliphatic rings. The number of halogens is 2. The highest BCUT2D eigenvalue weighted by atomic mass is 19.3. The van der Waals surface area contributed by atoms with Gasteiger partial charge in [0, 0.05) is 18.0 Å². The number of pyridine rings is 1. The van der Waals surface area contributed by atoms with Crippen LogP contribution in [0.1, 0.15) is 18.3 Å². The highest BCUT2D eigenvalue weighted by Gasteiger charge is 2.45. The highest BCUT2D eigenvalue weighted by Crippen LogP contribution is 2.39. The number of nitrogens with zero attached hydrogens (tertiary/aromatic N) is 3. The van der Waals surface area contributed by atoms with Gasteiger partial charge in [-0.05, 0) is 6.07 Å². The van der Waals surface area contributed by atoms with Crippen molar-refractivity contribution in [1.82, 2.24) is 19.5 Å². The van der Waals surface area contributed by atoms with Crippen molar-refractivity contribution in [2.75, 3.05) is 13.2 Å². The highest BCUT2D eigenvalue weighted by molar-refractivity contribution is 6.01. The smallest absolute Gasteiger partial charge is 0.272 e. The summed E-state index contributed by atoms with van der Waals surface area (Å²) in [6, 6.07) is 0.583. The van der Waals surface area contributed by atoms with E-state index in [1.807, 2.05) is 0 Å². The molecule has 0 bridgehead atoms. The number of aliphatic hydroxyl groups excluding tert-OH is 1. The molecule has 1 unspecified atom stereocenters. The van der Waals surface area contributed by atoms with Gasteiger partial charge in [-0.25, -0.2) is 18.7 Å². The van der Waals surface area contributed by atoms with Gasteiger partial charge in [-0.1, -0.05) is 0 Å². The normalized spacial score (nSPS) is 21.7. The van der Waals surface area contributed by atoms with E-state index in [-0.39, 0.29) is 25.5 Å². The van der Waals surface area contributed by atoms with E-state index in [0.29, 0.717) is 22.1 Å². The lowest BCUT2D eigenvalue weighted by molar-refractivity contribution is -0.133. The molecular formula is C14H14F2N4O2. The number of nitrogens with one attached hydrogen (secondary N) is 1. The number of rotatable bonds is 2. The fraction of sp³-hybridized carbons (Fsp3) is 0.429. The molecule has 2 N–H and O–H groups in total. The number of aromatic amines is 1. The number of fused-ring (bicyclic) bond motifs is 3. The topological polar surface area (TPSA) is 76.0 Å². The number of ether oxygens (including phenoxy) is 1. The van der Waals surface area contributed by atoms with Gasteiger partial charge in [-0.3, -0.25) is 0 Å². The van der Waals surface area contributed by atoms with Gasteiger partial charge in [0.05, 0.1) is 24.9 Å². The van der Waals surface area contributed by atoms with Crippen molar-refractivity contribution in [3.8, 4) is 0 Å². The van der Waals surface area contributed by atoms with Crippen LogP contribution in [0.4, 0.5) is 8.78 Å². The van der Waals surface area contributed by atoms with E-state index in [9.17, 15) is 13.9 Å². The van der Waals surface area contributed by atoms with Crippen molar-refractivity contribution in [2.24, 2.45) is 0 Å². The van der Waals surface area contributed by atoms with Crippen molar-refractivity contribution in [3.63, 3.8) is 0 Å². The van der Waals surface area contributed by atoms with E-state index in [1.165, 1.54) is 10.8 Å². The molecule has 0 aromatic carbocycles. The molecule has 4 heterocycles. The number of H-pyrrole nitrogens is 1. The van der Waals surface area contributed by atoms with Crippen LogP contribution in [-0.4, -0.2) is 43.8 Å². The second-order valence-corrected chi connectivity index (χ2v) is 5.39. The molecule has 1 atom stereocenters. The average molecular weight is 308 g/mol. The Hall–Kier alpha value is -2.06. The Bertz CT molecular complexity index is 842. The molecule has 0 radical (unpaired) electrons. The van der Waals surface area contributed by atoms with E-state index in [4.69, 9.17) is 4.74 Å². The molecule has 6 nitrogen and oxygen atoms in total. The average Bonchev–Trinajstić information content (AvgIpc) is 3.09. The van der Waals surface area contributed by atoms with Gasteiger partial charge in [0.2, 0.25) is 0 Å². The van der Waals surface area contributed by atoms with Crippen molar-refractivity contribution >= 4 is 22.1 Å². The lowest BCUT2D eigenvalue weighted by Crippen LogP contribution is -2.40. The lowest BCUT2D eigenvalue weighted by atomic mass is 10.0. The van der Waals surface area contributed by atoms with Gasteiger partial charge in [-0.15, -0.1) is 0 Å². The summed E-state index contributed by atoms with van der Waals surface area (Å²) in [5, 5.41) is 10.2. The molecule has 1 saturated heterocycles. The number of aliphatic hydroxyl groups is 1. The Morgan fingerprint density at radius 1 is 1.50 bits per heavy atom. The van der Waals surface area contributed by atoms with Crippen LogP contribution in [0.3, 0.4) is 0 Å². The standard InChI is InChI=1S/C14H14F2N4O2/c15-14(16)2-4-22-7-10(14)20-11(6-21)19-9-5-18-13-8(12(9)20)1-3-17-13/h1,3,5,10,21H,2,4,6-7H2,(H,17,18). The minimum absolute atomic E-state index is 0.0334. The maximum absolute atomic E-state index is 14.4. The number of aromatic nitrogens is 4. The van der Waals surface area contributed by atoms with E-state index >= 15 is 0 Å². The van der Waals surface area contributed by atoms with Crippen LogP contribution in [0.2, 0.25) is 0 Å². The summed E-state index contributed by atoms with van der Waals surface area (Å²) in [7, 11) is 0. The second kappa shape index (κ2) is 4.72. The number of hydrogen-bond donors (Lipinski definition) is 2. The van der Waals surface area contributed by atoms with Gasteiger partial charge >= 0.3 is 0 Å². The van der Waals surface area contributed by atoms with Crippen molar-refractivity contribution in [3.05, 3.63) is 24.3 Å². The molecule has 1 aliphatic heterocycles. The second-order valence-electron chi connectivity index (χ2n) is 5.39.